The molecule has 0 atom stereocenters. The van der Waals surface area contributed by atoms with Crippen LogP contribution in [0.4, 0.5) is 8.78 Å². The lowest BCUT2D eigenvalue weighted by Gasteiger charge is -2.12. The van der Waals surface area contributed by atoms with Crippen molar-refractivity contribution in [3.05, 3.63) is 93.4 Å². The number of amides is 1. The van der Waals surface area contributed by atoms with Gasteiger partial charge in [0.2, 0.25) is 5.43 Å². The van der Waals surface area contributed by atoms with Gasteiger partial charge in [-0.25, -0.2) is 13.5 Å². The highest BCUT2D eigenvalue weighted by Gasteiger charge is 2.16. The zero-order chi connectivity index (χ0) is 19.4. The number of carbonyl (C=O) groups is 1. The van der Waals surface area contributed by atoms with Gasteiger partial charge in [-0.15, -0.1) is 0 Å². The van der Waals surface area contributed by atoms with Crippen LogP contribution in [0.5, 0.6) is 0 Å². The molecular weight excluding hydrogens is 352 g/mol. The molecule has 0 aliphatic heterocycles. The summed E-state index contributed by atoms with van der Waals surface area (Å²) in [6.45, 7) is 1.86. The van der Waals surface area contributed by atoms with Gasteiger partial charge >= 0.3 is 0 Å². The standard InChI is InChI=1S/C20H17F2N3O2/c1-13-12-18(26)19(24-25(13)17-5-3-2-4-16(17)22)20(27)23-11-10-14-6-8-15(21)9-7-14/h2-9,12H,10-11H2,1H3,(H,23,27). The maximum absolute atomic E-state index is 14.0. The van der Waals surface area contributed by atoms with Crippen molar-refractivity contribution in [1.82, 2.24) is 15.1 Å². The van der Waals surface area contributed by atoms with Gasteiger partial charge in [0.1, 0.15) is 17.3 Å². The average molecular weight is 369 g/mol. The number of benzene rings is 2. The Kier molecular flexibility index (Phi) is 5.40. The van der Waals surface area contributed by atoms with E-state index in [2.05, 4.69) is 10.4 Å². The molecule has 0 saturated heterocycles. The molecule has 2 aromatic carbocycles. The van der Waals surface area contributed by atoms with E-state index in [-0.39, 0.29) is 23.7 Å². The van der Waals surface area contributed by atoms with E-state index in [1.807, 2.05) is 0 Å². The smallest absolute Gasteiger partial charge is 0.275 e. The number of hydrogen-bond acceptors (Lipinski definition) is 3. The predicted octanol–water partition coefficient (Wildman–Crippen LogP) is 2.79. The van der Waals surface area contributed by atoms with Crippen LogP contribution in [0.3, 0.4) is 0 Å². The minimum atomic E-state index is -0.646. The number of halogens is 2. The lowest BCUT2D eigenvalue weighted by atomic mass is 10.1. The predicted molar refractivity (Wildman–Crippen MR) is 97.0 cm³/mol. The molecule has 0 saturated carbocycles. The fourth-order valence-corrected chi connectivity index (χ4v) is 2.63. The number of nitrogens with one attached hydrogen (secondary N) is 1. The Balaban J connectivity index is 1.78. The molecule has 0 radical (unpaired) electrons. The molecule has 0 bridgehead atoms. The van der Waals surface area contributed by atoms with E-state index >= 15 is 0 Å². The van der Waals surface area contributed by atoms with Gasteiger partial charge in [-0.3, -0.25) is 9.59 Å². The fraction of sp³-hybridized carbons (Fsp3) is 0.150. The summed E-state index contributed by atoms with van der Waals surface area (Å²) in [4.78, 5) is 24.5. The Morgan fingerprint density at radius 1 is 1.11 bits per heavy atom. The summed E-state index contributed by atoms with van der Waals surface area (Å²) >= 11 is 0. The molecule has 0 aliphatic carbocycles. The third-order valence-corrected chi connectivity index (χ3v) is 4.02. The molecule has 1 N–H and O–H groups in total. The molecule has 3 rings (SSSR count). The summed E-state index contributed by atoms with van der Waals surface area (Å²) in [7, 11) is 0. The van der Waals surface area contributed by atoms with Crippen LogP contribution < -0.4 is 10.7 Å². The first-order valence-electron chi connectivity index (χ1n) is 8.34. The fourth-order valence-electron chi connectivity index (χ4n) is 2.63. The summed E-state index contributed by atoms with van der Waals surface area (Å²) in [5.41, 5.74) is 0.544. The minimum absolute atomic E-state index is 0.148. The summed E-state index contributed by atoms with van der Waals surface area (Å²) in [6.07, 6.45) is 0.472. The molecule has 138 valence electrons. The van der Waals surface area contributed by atoms with Crippen LogP contribution in [0.2, 0.25) is 0 Å². The number of hydrogen-bond donors (Lipinski definition) is 1. The highest BCUT2D eigenvalue weighted by molar-refractivity contribution is 5.92. The number of para-hydroxylation sites is 1. The summed E-state index contributed by atoms with van der Waals surface area (Å²) in [6, 6.07) is 13.1. The van der Waals surface area contributed by atoms with Gasteiger partial charge in [-0.1, -0.05) is 24.3 Å². The zero-order valence-electron chi connectivity index (χ0n) is 14.6. The number of rotatable bonds is 5. The van der Waals surface area contributed by atoms with Crippen molar-refractivity contribution in [2.24, 2.45) is 0 Å². The van der Waals surface area contributed by atoms with Crippen LogP contribution in [0.15, 0.2) is 59.4 Å². The summed E-state index contributed by atoms with van der Waals surface area (Å²) in [5, 5.41) is 6.66. The molecule has 0 unspecified atom stereocenters. The number of nitrogens with zero attached hydrogens (tertiary/aromatic N) is 2. The Bertz CT molecular complexity index is 1030. The van der Waals surface area contributed by atoms with Crippen LogP contribution in [-0.4, -0.2) is 22.2 Å². The second kappa shape index (κ2) is 7.90. The lowest BCUT2D eigenvalue weighted by molar-refractivity contribution is 0.0946. The van der Waals surface area contributed by atoms with Crippen molar-refractivity contribution in [3.63, 3.8) is 0 Å². The highest BCUT2D eigenvalue weighted by atomic mass is 19.1. The molecule has 27 heavy (non-hydrogen) atoms. The first kappa shape index (κ1) is 18.4. The SMILES string of the molecule is Cc1cc(=O)c(C(=O)NCCc2ccc(F)cc2)nn1-c1ccccc1F. The van der Waals surface area contributed by atoms with E-state index in [9.17, 15) is 18.4 Å². The quantitative estimate of drug-likeness (QED) is 0.752. The van der Waals surface area contributed by atoms with E-state index in [4.69, 9.17) is 0 Å². The maximum Gasteiger partial charge on any atom is 0.275 e. The largest absolute Gasteiger partial charge is 0.350 e. The first-order valence-corrected chi connectivity index (χ1v) is 8.34. The topological polar surface area (TPSA) is 64.0 Å². The Hall–Kier alpha value is -3.35. The molecule has 0 spiro atoms. The third kappa shape index (κ3) is 4.25. The molecule has 7 heteroatoms. The summed E-state index contributed by atoms with van der Waals surface area (Å²) in [5.74, 6) is -1.49. The van der Waals surface area contributed by atoms with Gasteiger partial charge in [-0.2, -0.15) is 5.10 Å². The number of aryl methyl sites for hydroxylation is 1. The van der Waals surface area contributed by atoms with Crippen LogP contribution >= 0.6 is 0 Å². The van der Waals surface area contributed by atoms with Crippen molar-refractivity contribution in [3.8, 4) is 5.69 Å². The second-order valence-corrected chi connectivity index (χ2v) is 5.99. The van der Waals surface area contributed by atoms with Gasteiger partial charge in [0, 0.05) is 18.3 Å². The van der Waals surface area contributed by atoms with E-state index in [1.54, 1.807) is 31.2 Å². The molecule has 1 aromatic heterocycles. The van der Waals surface area contributed by atoms with E-state index in [0.717, 1.165) is 5.56 Å². The normalized spacial score (nSPS) is 10.6. The van der Waals surface area contributed by atoms with Crippen LogP contribution in [0.1, 0.15) is 21.7 Å². The second-order valence-electron chi connectivity index (χ2n) is 5.99. The van der Waals surface area contributed by atoms with Crippen molar-refractivity contribution in [2.75, 3.05) is 6.54 Å². The monoisotopic (exact) mass is 369 g/mol. The van der Waals surface area contributed by atoms with E-state index < -0.39 is 17.2 Å². The first-order chi connectivity index (χ1) is 13.0. The third-order valence-electron chi connectivity index (χ3n) is 4.02. The average Bonchev–Trinajstić information content (AvgIpc) is 2.64. The van der Waals surface area contributed by atoms with Crippen LogP contribution in [0, 0.1) is 18.6 Å². The molecule has 5 nitrogen and oxygen atoms in total. The maximum atomic E-state index is 14.0. The molecule has 0 aliphatic rings. The minimum Gasteiger partial charge on any atom is -0.350 e. The Labute approximate surface area is 154 Å². The van der Waals surface area contributed by atoms with Gasteiger partial charge in [-0.05, 0) is 43.2 Å². The van der Waals surface area contributed by atoms with E-state index in [0.29, 0.717) is 12.1 Å². The Morgan fingerprint density at radius 2 is 1.81 bits per heavy atom. The van der Waals surface area contributed by atoms with E-state index in [1.165, 1.54) is 35.0 Å². The highest BCUT2D eigenvalue weighted by Crippen LogP contribution is 2.13. The van der Waals surface area contributed by atoms with Gasteiger partial charge in [0.25, 0.3) is 5.91 Å². The van der Waals surface area contributed by atoms with Gasteiger partial charge in [0.15, 0.2) is 5.69 Å². The van der Waals surface area contributed by atoms with Crippen molar-refractivity contribution >= 4 is 5.91 Å². The number of aromatic nitrogens is 2. The van der Waals surface area contributed by atoms with Gasteiger partial charge < -0.3 is 5.32 Å². The number of carbonyl (C=O) groups excluding carboxylic acids is 1. The molecule has 1 heterocycles. The van der Waals surface area contributed by atoms with Crippen molar-refractivity contribution in [1.29, 1.82) is 0 Å². The van der Waals surface area contributed by atoms with Crippen LogP contribution in [-0.2, 0) is 6.42 Å². The van der Waals surface area contributed by atoms with Gasteiger partial charge in [0.05, 0.1) is 0 Å². The lowest BCUT2D eigenvalue weighted by Crippen LogP contribution is -2.33. The van der Waals surface area contributed by atoms with Crippen LogP contribution in [0.25, 0.3) is 5.69 Å². The summed E-state index contributed by atoms with van der Waals surface area (Å²) < 4.78 is 28.2. The molecule has 0 fully saturated rings. The van der Waals surface area contributed by atoms with Crippen molar-refractivity contribution < 1.29 is 13.6 Å². The Morgan fingerprint density at radius 3 is 2.52 bits per heavy atom. The molecule has 1 amide bonds. The zero-order valence-corrected chi connectivity index (χ0v) is 14.6. The van der Waals surface area contributed by atoms with Crippen molar-refractivity contribution in [2.45, 2.75) is 13.3 Å². The molecule has 3 aromatic rings. The molecular formula is C20H17F2N3O2.